The second-order valence-corrected chi connectivity index (χ2v) is 9.52. The second kappa shape index (κ2) is 7.45. The zero-order chi connectivity index (χ0) is 20.6. The normalized spacial score (nSPS) is 16.1. The van der Waals surface area contributed by atoms with Crippen molar-refractivity contribution in [2.45, 2.75) is 13.0 Å². The predicted molar refractivity (Wildman–Crippen MR) is 112 cm³/mol. The molecule has 1 amide bonds. The number of rotatable bonds is 4. The first kappa shape index (κ1) is 19.3. The molecule has 0 fully saturated rings. The van der Waals surface area contributed by atoms with E-state index in [2.05, 4.69) is 15.5 Å². The molecule has 0 aliphatic carbocycles. The Hall–Kier alpha value is -2.98. The molecule has 0 spiro atoms. The van der Waals surface area contributed by atoms with Gasteiger partial charge in [-0.3, -0.25) is 14.4 Å². The monoisotopic (exact) mass is 430 g/mol. The van der Waals surface area contributed by atoms with E-state index in [4.69, 9.17) is 4.74 Å². The number of aryl methyl sites for hydroxylation is 1. The van der Waals surface area contributed by atoms with E-state index in [1.807, 2.05) is 31.2 Å². The van der Waals surface area contributed by atoms with Crippen LogP contribution in [0.15, 0.2) is 48.5 Å². The molecule has 2 aromatic carbocycles. The third-order valence-corrected chi connectivity index (χ3v) is 6.42. The van der Waals surface area contributed by atoms with E-state index >= 15 is 0 Å². The van der Waals surface area contributed by atoms with E-state index in [1.165, 1.54) is 15.6 Å². The van der Waals surface area contributed by atoms with Gasteiger partial charge in [0.25, 0.3) is 5.91 Å². The van der Waals surface area contributed by atoms with Crippen LogP contribution >= 0.6 is 11.3 Å². The van der Waals surface area contributed by atoms with Crippen LogP contribution in [0.4, 0.5) is 10.8 Å². The minimum absolute atomic E-state index is 0.120. The molecule has 0 radical (unpaired) electrons. The topological polar surface area (TPSA) is 101 Å². The average molecular weight is 431 g/mol. The van der Waals surface area contributed by atoms with Crippen LogP contribution in [-0.2, 0) is 14.8 Å². The number of carbonyl (C=O) groups is 1. The SMILES string of the molecule is Cc1ccc(-c2nnc(NC(=O)[C@H]3CN(S(C)(=O)=O)c4ccccc4O3)s2)cc1. The smallest absolute Gasteiger partial charge is 0.269 e. The summed E-state index contributed by atoms with van der Waals surface area (Å²) in [5.74, 6) is -0.151. The fraction of sp³-hybridized carbons (Fsp3) is 0.211. The van der Waals surface area contributed by atoms with Crippen molar-refractivity contribution in [2.24, 2.45) is 0 Å². The summed E-state index contributed by atoms with van der Waals surface area (Å²) < 4.78 is 31.3. The van der Waals surface area contributed by atoms with Gasteiger partial charge in [-0.1, -0.05) is 53.3 Å². The number of para-hydroxylation sites is 2. The minimum Gasteiger partial charge on any atom is -0.476 e. The lowest BCUT2D eigenvalue weighted by Crippen LogP contribution is -2.48. The number of anilines is 2. The van der Waals surface area contributed by atoms with Gasteiger partial charge >= 0.3 is 0 Å². The van der Waals surface area contributed by atoms with Crippen molar-refractivity contribution in [2.75, 3.05) is 22.4 Å². The highest BCUT2D eigenvalue weighted by atomic mass is 32.2. The van der Waals surface area contributed by atoms with Crippen molar-refractivity contribution in [3.05, 3.63) is 54.1 Å². The van der Waals surface area contributed by atoms with Gasteiger partial charge in [-0.05, 0) is 19.1 Å². The van der Waals surface area contributed by atoms with Crippen molar-refractivity contribution in [3.63, 3.8) is 0 Å². The molecule has 29 heavy (non-hydrogen) atoms. The third-order valence-electron chi connectivity index (χ3n) is 4.38. The number of ether oxygens (including phenoxy) is 1. The molecule has 1 aromatic heterocycles. The van der Waals surface area contributed by atoms with Crippen LogP contribution in [0, 0.1) is 6.92 Å². The number of hydrogen-bond acceptors (Lipinski definition) is 7. The van der Waals surface area contributed by atoms with Gasteiger partial charge in [-0.15, -0.1) is 10.2 Å². The number of fused-ring (bicyclic) bond motifs is 1. The van der Waals surface area contributed by atoms with Gasteiger partial charge in [0.2, 0.25) is 15.2 Å². The van der Waals surface area contributed by atoms with Gasteiger partial charge in [-0.2, -0.15) is 0 Å². The third kappa shape index (κ3) is 4.08. The van der Waals surface area contributed by atoms with Crippen molar-refractivity contribution < 1.29 is 17.9 Å². The Morgan fingerprint density at radius 1 is 1.17 bits per heavy atom. The molecule has 2 heterocycles. The standard InChI is InChI=1S/C19H18N4O4S2/c1-12-7-9-13(10-8-12)18-21-22-19(28-18)20-17(24)16-11-23(29(2,25)26)14-5-3-4-6-15(14)27-16/h3-10,16H,11H2,1-2H3,(H,20,22,24)/t16-/m1/s1. The van der Waals surface area contributed by atoms with Gasteiger partial charge in [0.1, 0.15) is 10.8 Å². The van der Waals surface area contributed by atoms with Crippen LogP contribution < -0.4 is 14.4 Å². The quantitative estimate of drug-likeness (QED) is 0.683. The summed E-state index contributed by atoms with van der Waals surface area (Å²) in [4.78, 5) is 12.7. The first-order valence-corrected chi connectivity index (χ1v) is 11.4. The van der Waals surface area contributed by atoms with E-state index in [1.54, 1.807) is 24.3 Å². The molecule has 0 unspecified atom stereocenters. The highest BCUT2D eigenvalue weighted by molar-refractivity contribution is 7.92. The summed E-state index contributed by atoms with van der Waals surface area (Å²) in [6.45, 7) is 1.88. The number of nitrogens with zero attached hydrogens (tertiary/aromatic N) is 3. The van der Waals surface area contributed by atoms with E-state index in [0.29, 0.717) is 21.6 Å². The molecule has 0 saturated carbocycles. The Kier molecular flexibility index (Phi) is 4.97. The number of hydrogen-bond donors (Lipinski definition) is 1. The van der Waals surface area contributed by atoms with Crippen LogP contribution in [0.25, 0.3) is 10.6 Å². The van der Waals surface area contributed by atoms with Crippen LogP contribution in [0.1, 0.15) is 5.56 Å². The fourth-order valence-electron chi connectivity index (χ4n) is 2.93. The van der Waals surface area contributed by atoms with E-state index in [9.17, 15) is 13.2 Å². The molecule has 4 rings (SSSR count). The first-order chi connectivity index (χ1) is 13.8. The Bertz CT molecular complexity index is 1160. The largest absolute Gasteiger partial charge is 0.476 e. The summed E-state index contributed by atoms with van der Waals surface area (Å²) in [6.07, 6.45) is 0.0919. The zero-order valence-electron chi connectivity index (χ0n) is 15.7. The molecule has 10 heteroatoms. The van der Waals surface area contributed by atoms with Crippen LogP contribution in [0.3, 0.4) is 0 Å². The molecule has 1 N–H and O–H groups in total. The molecule has 1 aliphatic rings. The zero-order valence-corrected chi connectivity index (χ0v) is 17.3. The highest BCUT2D eigenvalue weighted by Crippen LogP contribution is 2.35. The van der Waals surface area contributed by atoms with Gasteiger partial charge in [0.05, 0.1) is 18.5 Å². The van der Waals surface area contributed by atoms with Crippen molar-refractivity contribution in [1.29, 1.82) is 0 Å². The summed E-state index contributed by atoms with van der Waals surface area (Å²) >= 11 is 1.23. The average Bonchev–Trinajstić information content (AvgIpc) is 3.15. The molecular weight excluding hydrogens is 412 g/mol. The Labute approximate surface area is 172 Å². The molecule has 8 nitrogen and oxygen atoms in total. The number of nitrogens with one attached hydrogen (secondary N) is 1. The van der Waals surface area contributed by atoms with Gasteiger partial charge in [-0.25, -0.2) is 8.42 Å². The molecule has 1 aliphatic heterocycles. The van der Waals surface area contributed by atoms with Crippen LogP contribution in [0.5, 0.6) is 5.75 Å². The summed E-state index contributed by atoms with van der Waals surface area (Å²) in [7, 11) is -3.57. The maximum atomic E-state index is 12.7. The lowest BCUT2D eigenvalue weighted by Gasteiger charge is -2.33. The van der Waals surface area contributed by atoms with Gasteiger partial charge in [0.15, 0.2) is 6.10 Å². The number of carbonyl (C=O) groups excluding carboxylic acids is 1. The van der Waals surface area contributed by atoms with E-state index in [0.717, 1.165) is 17.4 Å². The first-order valence-electron chi connectivity index (χ1n) is 8.76. The Morgan fingerprint density at radius 2 is 1.90 bits per heavy atom. The second-order valence-electron chi connectivity index (χ2n) is 6.64. The van der Waals surface area contributed by atoms with Crippen molar-refractivity contribution in [3.8, 4) is 16.3 Å². The van der Waals surface area contributed by atoms with E-state index in [-0.39, 0.29) is 6.54 Å². The molecule has 3 aromatic rings. The minimum atomic E-state index is -3.57. The molecule has 0 bridgehead atoms. The lowest BCUT2D eigenvalue weighted by molar-refractivity contribution is -0.122. The molecule has 1 atom stereocenters. The maximum absolute atomic E-state index is 12.7. The fourth-order valence-corrected chi connectivity index (χ4v) is 4.59. The number of benzene rings is 2. The lowest BCUT2D eigenvalue weighted by atomic mass is 10.2. The molecular formula is C19H18N4O4S2. The number of sulfonamides is 1. The van der Waals surface area contributed by atoms with Crippen molar-refractivity contribution >= 4 is 38.1 Å². The summed E-state index contributed by atoms with van der Waals surface area (Å²) in [6, 6.07) is 14.5. The predicted octanol–water partition coefficient (Wildman–Crippen LogP) is 2.68. The van der Waals surface area contributed by atoms with Crippen LogP contribution in [-0.4, -0.2) is 43.4 Å². The van der Waals surface area contributed by atoms with Gasteiger partial charge < -0.3 is 4.74 Å². The van der Waals surface area contributed by atoms with Crippen molar-refractivity contribution in [1.82, 2.24) is 10.2 Å². The van der Waals surface area contributed by atoms with E-state index < -0.39 is 22.0 Å². The van der Waals surface area contributed by atoms with Crippen LogP contribution in [0.2, 0.25) is 0 Å². The molecule has 0 saturated heterocycles. The number of aromatic nitrogens is 2. The highest BCUT2D eigenvalue weighted by Gasteiger charge is 2.35. The maximum Gasteiger partial charge on any atom is 0.269 e. The Balaban J connectivity index is 1.53. The molecule has 150 valence electrons. The number of amides is 1. The summed E-state index contributed by atoms with van der Waals surface area (Å²) in [5.41, 5.74) is 2.45. The van der Waals surface area contributed by atoms with Gasteiger partial charge in [0, 0.05) is 5.56 Å². The Morgan fingerprint density at radius 3 is 2.62 bits per heavy atom. The summed E-state index contributed by atoms with van der Waals surface area (Å²) in [5, 5.41) is 11.8.